The first-order chi connectivity index (χ1) is 10.8. The summed E-state index contributed by atoms with van der Waals surface area (Å²) in [5, 5.41) is 3.33. The van der Waals surface area contributed by atoms with Gasteiger partial charge in [0, 0.05) is 25.6 Å². The number of hydrogen-bond donors (Lipinski definition) is 1. The predicted molar refractivity (Wildman–Crippen MR) is 84.9 cm³/mol. The highest BCUT2D eigenvalue weighted by molar-refractivity contribution is 6.12. The Hall–Kier alpha value is -2.37. The van der Waals surface area contributed by atoms with Gasteiger partial charge in [0.15, 0.2) is 12.5 Å². The van der Waals surface area contributed by atoms with Crippen LogP contribution in [0.2, 0.25) is 0 Å². The number of para-hydroxylation sites is 2. The highest BCUT2D eigenvalue weighted by Gasteiger charge is 2.38. The van der Waals surface area contributed by atoms with Crippen molar-refractivity contribution >= 4 is 17.3 Å². The molecule has 1 aliphatic heterocycles. The molecule has 1 amide bonds. The highest BCUT2D eigenvalue weighted by Crippen LogP contribution is 2.31. The van der Waals surface area contributed by atoms with Crippen LogP contribution in [0, 0.1) is 0 Å². The largest absolute Gasteiger partial charge is 0.360 e. The van der Waals surface area contributed by atoms with Gasteiger partial charge in [-0.05, 0) is 24.3 Å². The Balaban J connectivity index is 2.08. The molecule has 0 fully saturated rings. The van der Waals surface area contributed by atoms with Crippen molar-refractivity contribution in [3.05, 3.63) is 60.2 Å². The minimum absolute atomic E-state index is 0.0790. The number of fused-ring (bicyclic) bond motifs is 1. The van der Waals surface area contributed by atoms with Crippen LogP contribution in [0.4, 0.5) is 11.4 Å². The number of nitrogens with zero attached hydrogens (tertiary/aromatic N) is 1. The molecule has 0 spiro atoms. The summed E-state index contributed by atoms with van der Waals surface area (Å²) >= 11 is 0. The SMILES string of the molecule is COC(OC)[C@H]1Nc2ccccc2C(=O)N1c1ccccc1. The molecule has 3 rings (SSSR count). The number of anilines is 2. The zero-order chi connectivity index (χ0) is 15.5. The van der Waals surface area contributed by atoms with Gasteiger partial charge in [-0.15, -0.1) is 0 Å². The van der Waals surface area contributed by atoms with E-state index >= 15 is 0 Å². The Morgan fingerprint density at radius 3 is 2.32 bits per heavy atom. The molecule has 5 heteroatoms. The second kappa shape index (κ2) is 6.17. The summed E-state index contributed by atoms with van der Waals surface area (Å²) in [7, 11) is 3.12. The topological polar surface area (TPSA) is 50.8 Å². The molecule has 1 atom stereocenters. The standard InChI is InChI=1S/C17H18N2O3/c1-21-17(22-2)15-18-14-11-7-6-10-13(14)16(20)19(15)12-8-4-3-5-9-12/h3-11,15,17-18H,1-2H3/t15-/m0/s1. The maximum absolute atomic E-state index is 12.9. The number of carbonyl (C=O) groups excluding carboxylic acids is 1. The monoisotopic (exact) mass is 298 g/mol. The number of methoxy groups -OCH3 is 2. The number of nitrogens with one attached hydrogen (secondary N) is 1. The first-order valence-corrected chi connectivity index (χ1v) is 7.06. The minimum Gasteiger partial charge on any atom is -0.360 e. The third-order valence-electron chi connectivity index (χ3n) is 3.71. The lowest BCUT2D eigenvalue weighted by molar-refractivity contribution is -0.111. The minimum atomic E-state index is -0.586. The van der Waals surface area contributed by atoms with Crippen molar-refractivity contribution < 1.29 is 14.3 Å². The molecule has 5 nitrogen and oxygen atoms in total. The number of amides is 1. The number of benzene rings is 2. The second-order valence-electron chi connectivity index (χ2n) is 4.99. The van der Waals surface area contributed by atoms with Crippen LogP contribution in [-0.4, -0.2) is 32.6 Å². The molecule has 114 valence electrons. The first-order valence-electron chi connectivity index (χ1n) is 7.06. The van der Waals surface area contributed by atoms with E-state index in [1.54, 1.807) is 19.1 Å². The Morgan fingerprint density at radius 1 is 1.00 bits per heavy atom. The molecule has 0 aromatic heterocycles. The van der Waals surface area contributed by atoms with Gasteiger partial charge in [-0.2, -0.15) is 0 Å². The Labute approximate surface area is 129 Å². The molecule has 1 aliphatic rings. The van der Waals surface area contributed by atoms with E-state index in [2.05, 4.69) is 5.32 Å². The van der Waals surface area contributed by atoms with Crippen molar-refractivity contribution in [1.29, 1.82) is 0 Å². The van der Waals surface area contributed by atoms with Gasteiger partial charge in [0.1, 0.15) is 0 Å². The molecule has 0 radical (unpaired) electrons. The van der Waals surface area contributed by atoms with E-state index in [-0.39, 0.29) is 5.91 Å². The van der Waals surface area contributed by atoms with E-state index in [0.29, 0.717) is 5.56 Å². The van der Waals surface area contributed by atoms with Crippen LogP contribution in [0.5, 0.6) is 0 Å². The van der Waals surface area contributed by atoms with Crippen LogP contribution < -0.4 is 10.2 Å². The molecule has 2 aromatic rings. The predicted octanol–water partition coefficient (Wildman–Crippen LogP) is 2.70. The van der Waals surface area contributed by atoms with Gasteiger partial charge in [0.2, 0.25) is 0 Å². The van der Waals surface area contributed by atoms with E-state index in [9.17, 15) is 4.79 Å². The van der Waals surface area contributed by atoms with Crippen molar-refractivity contribution in [3.8, 4) is 0 Å². The molecule has 0 unspecified atom stereocenters. The molecule has 0 bridgehead atoms. The summed E-state index contributed by atoms with van der Waals surface area (Å²) in [6.45, 7) is 0. The molecule has 1 N–H and O–H groups in total. The average Bonchev–Trinajstić information content (AvgIpc) is 2.57. The third kappa shape index (κ3) is 2.45. The van der Waals surface area contributed by atoms with Crippen LogP contribution in [0.1, 0.15) is 10.4 Å². The van der Waals surface area contributed by atoms with Crippen LogP contribution in [0.25, 0.3) is 0 Å². The molecular weight excluding hydrogens is 280 g/mol. The van der Waals surface area contributed by atoms with Crippen molar-refractivity contribution in [2.75, 3.05) is 24.4 Å². The molecule has 1 heterocycles. The Morgan fingerprint density at radius 2 is 1.64 bits per heavy atom. The van der Waals surface area contributed by atoms with Gasteiger partial charge in [-0.3, -0.25) is 9.69 Å². The van der Waals surface area contributed by atoms with Crippen LogP contribution in [0.15, 0.2) is 54.6 Å². The quantitative estimate of drug-likeness (QED) is 0.882. The van der Waals surface area contributed by atoms with Crippen LogP contribution in [-0.2, 0) is 9.47 Å². The Bertz CT molecular complexity index is 656. The third-order valence-corrected chi connectivity index (χ3v) is 3.71. The normalized spacial score (nSPS) is 17.3. The fourth-order valence-electron chi connectivity index (χ4n) is 2.69. The van der Waals surface area contributed by atoms with Crippen molar-refractivity contribution in [2.45, 2.75) is 12.5 Å². The number of hydrogen-bond acceptors (Lipinski definition) is 4. The van der Waals surface area contributed by atoms with E-state index < -0.39 is 12.5 Å². The lowest BCUT2D eigenvalue weighted by Gasteiger charge is -2.40. The number of carbonyl (C=O) groups is 1. The zero-order valence-electron chi connectivity index (χ0n) is 12.5. The summed E-state index contributed by atoms with van der Waals surface area (Å²) in [4.78, 5) is 14.6. The van der Waals surface area contributed by atoms with Gasteiger partial charge in [0.25, 0.3) is 5.91 Å². The lowest BCUT2D eigenvalue weighted by atomic mass is 10.1. The summed E-state index contributed by atoms with van der Waals surface area (Å²) in [6, 6.07) is 16.9. The van der Waals surface area contributed by atoms with Crippen LogP contribution in [0.3, 0.4) is 0 Å². The molecule has 0 saturated heterocycles. The van der Waals surface area contributed by atoms with E-state index in [0.717, 1.165) is 11.4 Å². The Kier molecular flexibility index (Phi) is 4.09. The molecule has 2 aromatic carbocycles. The van der Waals surface area contributed by atoms with Gasteiger partial charge in [0.05, 0.1) is 5.56 Å². The second-order valence-corrected chi connectivity index (χ2v) is 4.99. The molecule has 0 saturated carbocycles. The zero-order valence-corrected chi connectivity index (χ0v) is 12.5. The van der Waals surface area contributed by atoms with E-state index in [4.69, 9.17) is 9.47 Å². The summed E-state index contributed by atoms with van der Waals surface area (Å²) in [5.74, 6) is -0.0790. The van der Waals surface area contributed by atoms with Gasteiger partial charge >= 0.3 is 0 Å². The number of rotatable bonds is 4. The van der Waals surface area contributed by atoms with Crippen molar-refractivity contribution in [3.63, 3.8) is 0 Å². The lowest BCUT2D eigenvalue weighted by Crippen LogP contribution is -2.56. The first kappa shape index (κ1) is 14.6. The average molecular weight is 298 g/mol. The maximum Gasteiger partial charge on any atom is 0.262 e. The molecule has 0 aliphatic carbocycles. The molecular formula is C17H18N2O3. The summed E-state index contributed by atoms with van der Waals surface area (Å²) in [5.41, 5.74) is 2.20. The van der Waals surface area contributed by atoms with Gasteiger partial charge < -0.3 is 14.8 Å². The fraction of sp³-hybridized carbons (Fsp3) is 0.235. The van der Waals surface area contributed by atoms with Crippen LogP contribution >= 0.6 is 0 Å². The van der Waals surface area contributed by atoms with Crippen molar-refractivity contribution in [2.24, 2.45) is 0 Å². The smallest absolute Gasteiger partial charge is 0.262 e. The summed E-state index contributed by atoms with van der Waals surface area (Å²) < 4.78 is 10.8. The fourth-order valence-corrected chi connectivity index (χ4v) is 2.69. The van der Waals surface area contributed by atoms with E-state index in [1.165, 1.54) is 0 Å². The van der Waals surface area contributed by atoms with Gasteiger partial charge in [-0.25, -0.2) is 0 Å². The summed E-state index contributed by atoms with van der Waals surface area (Å²) in [6.07, 6.45) is -1.03. The van der Waals surface area contributed by atoms with E-state index in [1.807, 2.05) is 54.6 Å². The highest BCUT2D eigenvalue weighted by atomic mass is 16.7. The molecule has 22 heavy (non-hydrogen) atoms. The maximum atomic E-state index is 12.9. The number of ether oxygens (including phenoxy) is 2. The van der Waals surface area contributed by atoms with Gasteiger partial charge in [-0.1, -0.05) is 30.3 Å². The van der Waals surface area contributed by atoms with Crippen molar-refractivity contribution in [1.82, 2.24) is 0 Å².